The van der Waals surface area contributed by atoms with Crippen LogP contribution in [0.15, 0.2) is 57.4 Å². The third kappa shape index (κ3) is 5.61. The van der Waals surface area contributed by atoms with E-state index in [4.69, 9.17) is 20.8 Å². The standard InChI is InChI=1S/C22H23BrClN3O3/c1-21(2,3)30-20(28)25-22(4,13-14-8-6-5-7-9-14)19-27-26-18(29-19)16-12-15(23)10-11-17(16)24/h5-12H,13H2,1-4H3,(H,25,28). The largest absolute Gasteiger partial charge is 0.444 e. The van der Waals surface area contributed by atoms with Crippen molar-refractivity contribution in [2.75, 3.05) is 0 Å². The Morgan fingerprint density at radius 2 is 1.83 bits per heavy atom. The molecule has 1 atom stereocenters. The molecule has 1 unspecified atom stereocenters. The highest BCUT2D eigenvalue weighted by molar-refractivity contribution is 9.10. The monoisotopic (exact) mass is 491 g/mol. The fourth-order valence-electron chi connectivity index (χ4n) is 2.92. The Bertz CT molecular complexity index is 1030. The smallest absolute Gasteiger partial charge is 0.408 e. The SMILES string of the molecule is CC(C)(C)OC(=O)NC(C)(Cc1ccccc1)c1nnc(-c2cc(Br)ccc2Cl)o1. The molecule has 0 spiro atoms. The Kier molecular flexibility index (Phi) is 6.53. The second-order valence-corrected chi connectivity index (χ2v) is 9.48. The van der Waals surface area contributed by atoms with Gasteiger partial charge in [-0.1, -0.05) is 57.9 Å². The first-order valence-corrected chi connectivity index (χ1v) is 10.6. The summed E-state index contributed by atoms with van der Waals surface area (Å²) in [7, 11) is 0. The molecule has 1 heterocycles. The van der Waals surface area contributed by atoms with Crippen molar-refractivity contribution < 1.29 is 13.9 Å². The van der Waals surface area contributed by atoms with Crippen LogP contribution in [0.25, 0.3) is 11.5 Å². The number of halogens is 2. The van der Waals surface area contributed by atoms with Crippen LogP contribution in [0.3, 0.4) is 0 Å². The van der Waals surface area contributed by atoms with Gasteiger partial charge in [-0.05, 0) is 51.5 Å². The van der Waals surface area contributed by atoms with E-state index in [1.165, 1.54) is 0 Å². The van der Waals surface area contributed by atoms with E-state index in [-0.39, 0.29) is 11.8 Å². The Morgan fingerprint density at radius 1 is 1.13 bits per heavy atom. The molecule has 0 saturated heterocycles. The highest BCUT2D eigenvalue weighted by Gasteiger charge is 2.36. The van der Waals surface area contributed by atoms with Crippen molar-refractivity contribution in [2.24, 2.45) is 0 Å². The number of carbonyl (C=O) groups excluding carboxylic acids is 1. The van der Waals surface area contributed by atoms with E-state index in [2.05, 4.69) is 31.4 Å². The van der Waals surface area contributed by atoms with Gasteiger partial charge in [0.05, 0.1) is 10.6 Å². The topological polar surface area (TPSA) is 77.2 Å². The minimum atomic E-state index is -0.993. The van der Waals surface area contributed by atoms with Crippen molar-refractivity contribution in [2.45, 2.75) is 45.3 Å². The lowest BCUT2D eigenvalue weighted by Gasteiger charge is -2.29. The molecule has 0 aliphatic carbocycles. The van der Waals surface area contributed by atoms with Gasteiger partial charge in [0.15, 0.2) is 0 Å². The minimum absolute atomic E-state index is 0.253. The summed E-state index contributed by atoms with van der Waals surface area (Å²) >= 11 is 9.73. The average molecular weight is 493 g/mol. The van der Waals surface area contributed by atoms with E-state index >= 15 is 0 Å². The predicted octanol–water partition coefficient (Wildman–Crippen LogP) is 6.14. The van der Waals surface area contributed by atoms with Crippen LogP contribution in [0.1, 0.15) is 39.1 Å². The highest BCUT2D eigenvalue weighted by Crippen LogP contribution is 2.33. The molecule has 1 amide bonds. The maximum absolute atomic E-state index is 12.6. The van der Waals surface area contributed by atoms with E-state index in [0.717, 1.165) is 10.0 Å². The number of nitrogens with zero attached hydrogens (tertiary/aromatic N) is 2. The summed E-state index contributed by atoms with van der Waals surface area (Å²) in [4.78, 5) is 12.6. The normalized spacial score (nSPS) is 13.5. The van der Waals surface area contributed by atoms with Crippen LogP contribution in [-0.2, 0) is 16.7 Å². The number of nitrogens with one attached hydrogen (secondary N) is 1. The number of benzene rings is 2. The van der Waals surface area contributed by atoms with Crippen molar-refractivity contribution >= 4 is 33.6 Å². The lowest BCUT2D eigenvalue weighted by atomic mass is 9.92. The number of amides is 1. The summed E-state index contributed by atoms with van der Waals surface area (Å²) in [5.41, 5.74) is -0.0323. The van der Waals surface area contributed by atoms with Crippen LogP contribution in [0, 0.1) is 0 Å². The van der Waals surface area contributed by atoms with Crippen LogP contribution >= 0.6 is 27.5 Å². The summed E-state index contributed by atoms with van der Waals surface area (Å²) in [6.07, 6.45) is -0.137. The highest BCUT2D eigenvalue weighted by atomic mass is 79.9. The average Bonchev–Trinajstić information content (AvgIpc) is 3.13. The maximum atomic E-state index is 12.6. The van der Waals surface area contributed by atoms with Gasteiger partial charge in [0.2, 0.25) is 11.8 Å². The van der Waals surface area contributed by atoms with Crippen LogP contribution < -0.4 is 5.32 Å². The first kappa shape index (κ1) is 22.3. The quantitative estimate of drug-likeness (QED) is 0.463. The van der Waals surface area contributed by atoms with Crippen molar-refractivity contribution in [3.8, 4) is 11.5 Å². The molecule has 158 valence electrons. The molecule has 8 heteroatoms. The predicted molar refractivity (Wildman–Crippen MR) is 119 cm³/mol. The first-order chi connectivity index (χ1) is 14.1. The van der Waals surface area contributed by atoms with Crippen LogP contribution in [0.4, 0.5) is 4.79 Å². The summed E-state index contributed by atoms with van der Waals surface area (Å²) in [5.74, 6) is 0.518. The zero-order valence-electron chi connectivity index (χ0n) is 17.2. The lowest BCUT2D eigenvalue weighted by Crippen LogP contribution is -2.47. The molecule has 0 bridgehead atoms. The molecule has 3 rings (SSSR count). The Labute approximate surface area is 189 Å². The number of aromatic nitrogens is 2. The van der Waals surface area contributed by atoms with E-state index in [1.54, 1.807) is 32.9 Å². The Hall–Kier alpha value is -2.38. The number of alkyl carbamates (subject to hydrolysis) is 1. The van der Waals surface area contributed by atoms with E-state index < -0.39 is 17.2 Å². The van der Waals surface area contributed by atoms with Gasteiger partial charge in [-0.2, -0.15) is 0 Å². The van der Waals surface area contributed by atoms with Gasteiger partial charge < -0.3 is 14.5 Å². The summed E-state index contributed by atoms with van der Waals surface area (Å²) in [6.45, 7) is 7.24. The molecule has 0 saturated carbocycles. The van der Waals surface area contributed by atoms with E-state index in [1.807, 2.05) is 43.3 Å². The molecule has 1 N–H and O–H groups in total. The Morgan fingerprint density at radius 3 is 2.50 bits per heavy atom. The second kappa shape index (κ2) is 8.78. The lowest BCUT2D eigenvalue weighted by molar-refractivity contribution is 0.0443. The summed E-state index contributed by atoms with van der Waals surface area (Å²) in [5, 5.41) is 11.8. The summed E-state index contributed by atoms with van der Waals surface area (Å²) < 4.78 is 12.3. The first-order valence-electron chi connectivity index (χ1n) is 9.40. The van der Waals surface area contributed by atoms with Gasteiger partial charge in [-0.25, -0.2) is 4.79 Å². The molecule has 3 aromatic rings. The number of rotatable bonds is 5. The zero-order valence-corrected chi connectivity index (χ0v) is 19.5. The van der Waals surface area contributed by atoms with Crippen LogP contribution in [-0.4, -0.2) is 21.9 Å². The number of carbonyl (C=O) groups is 1. The molecule has 0 radical (unpaired) electrons. The van der Waals surface area contributed by atoms with Crippen LogP contribution in [0.2, 0.25) is 5.02 Å². The third-order valence-electron chi connectivity index (χ3n) is 4.23. The van der Waals surface area contributed by atoms with Gasteiger partial charge in [-0.3, -0.25) is 0 Å². The molecule has 0 aliphatic rings. The second-order valence-electron chi connectivity index (χ2n) is 8.16. The molecule has 0 aliphatic heterocycles. The molecular weight excluding hydrogens is 470 g/mol. The molecular formula is C22H23BrClN3O3. The van der Waals surface area contributed by atoms with Gasteiger partial charge in [0.1, 0.15) is 11.1 Å². The van der Waals surface area contributed by atoms with E-state index in [0.29, 0.717) is 17.0 Å². The van der Waals surface area contributed by atoms with E-state index in [9.17, 15) is 4.79 Å². The number of hydrogen-bond acceptors (Lipinski definition) is 5. The number of ether oxygens (including phenoxy) is 1. The van der Waals surface area contributed by atoms with Crippen molar-refractivity contribution in [3.63, 3.8) is 0 Å². The van der Waals surface area contributed by atoms with Crippen molar-refractivity contribution in [1.29, 1.82) is 0 Å². The van der Waals surface area contributed by atoms with Gasteiger partial charge in [-0.15, -0.1) is 10.2 Å². The molecule has 1 aromatic heterocycles. The zero-order chi connectivity index (χ0) is 21.9. The minimum Gasteiger partial charge on any atom is -0.444 e. The van der Waals surface area contributed by atoms with Gasteiger partial charge >= 0.3 is 6.09 Å². The van der Waals surface area contributed by atoms with Crippen molar-refractivity contribution in [1.82, 2.24) is 15.5 Å². The van der Waals surface area contributed by atoms with Gasteiger partial charge in [0.25, 0.3) is 0 Å². The molecule has 6 nitrogen and oxygen atoms in total. The van der Waals surface area contributed by atoms with Crippen molar-refractivity contribution in [3.05, 3.63) is 69.5 Å². The fraction of sp³-hybridized carbons (Fsp3) is 0.318. The third-order valence-corrected chi connectivity index (χ3v) is 5.06. The maximum Gasteiger partial charge on any atom is 0.408 e. The van der Waals surface area contributed by atoms with Gasteiger partial charge in [0, 0.05) is 10.9 Å². The molecule has 0 fully saturated rings. The van der Waals surface area contributed by atoms with Crippen LogP contribution in [0.5, 0.6) is 0 Å². The number of hydrogen-bond donors (Lipinski definition) is 1. The summed E-state index contributed by atoms with van der Waals surface area (Å²) in [6, 6.07) is 15.1. The fourth-order valence-corrected chi connectivity index (χ4v) is 3.48. The molecule has 30 heavy (non-hydrogen) atoms. The molecule has 2 aromatic carbocycles. The Balaban J connectivity index is 1.96.